The van der Waals surface area contributed by atoms with E-state index >= 15 is 0 Å². The maximum Gasteiger partial charge on any atom is 0.290 e. The SMILES string of the molecule is CC1(C(=O)N2CCCN(CC[C@@H](O)c3ccccc3)CC2)CC1.O=CO. The summed E-state index contributed by atoms with van der Waals surface area (Å²) in [4.78, 5) is 25.3. The third kappa shape index (κ3) is 5.81. The van der Waals surface area contributed by atoms with E-state index in [0.29, 0.717) is 5.91 Å². The van der Waals surface area contributed by atoms with Crippen molar-refractivity contribution in [1.29, 1.82) is 0 Å². The second kappa shape index (κ2) is 9.69. The highest BCUT2D eigenvalue weighted by Crippen LogP contribution is 2.46. The summed E-state index contributed by atoms with van der Waals surface area (Å²) in [5.41, 5.74) is 0.930. The molecule has 2 N–H and O–H groups in total. The minimum absolute atomic E-state index is 0.0569. The van der Waals surface area contributed by atoms with E-state index in [1.54, 1.807) is 0 Å². The summed E-state index contributed by atoms with van der Waals surface area (Å²) in [6.07, 6.45) is 3.48. The molecule has 6 heteroatoms. The molecule has 0 unspecified atom stereocenters. The third-order valence-electron chi connectivity index (χ3n) is 5.30. The molecule has 0 spiro atoms. The van der Waals surface area contributed by atoms with Crippen LogP contribution in [0.2, 0.25) is 0 Å². The first-order valence-corrected chi connectivity index (χ1v) is 9.33. The fourth-order valence-corrected chi connectivity index (χ4v) is 3.33. The predicted molar refractivity (Wildman–Crippen MR) is 99.7 cm³/mol. The molecular formula is C20H30N2O4. The van der Waals surface area contributed by atoms with Crippen LogP contribution in [0.1, 0.15) is 44.3 Å². The molecule has 1 saturated carbocycles. The van der Waals surface area contributed by atoms with Gasteiger partial charge in [-0.25, -0.2) is 0 Å². The first kappa shape index (κ1) is 20.4. The van der Waals surface area contributed by atoms with Crippen molar-refractivity contribution in [2.45, 2.75) is 38.7 Å². The lowest BCUT2D eigenvalue weighted by atomic mass is 10.1. The molecule has 1 aromatic carbocycles. The number of rotatable bonds is 5. The van der Waals surface area contributed by atoms with Gasteiger partial charge < -0.3 is 20.0 Å². The van der Waals surface area contributed by atoms with E-state index in [1.165, 1.54) is 0 Å². The Morgan fingerprint density at radius 2 is 1.85 bits per heavy atom. The van der Waals surface area contributed by atoms with Gasteiger partial charge in [-0.3, -0.25) is 9.59 Å². The predicted octanol–water partition coefficient (Wildman–Crippen LogP) is 2.15. The van der Waals surface area contributed by atoms with Gasteiger partial charge in [-0.15, -0.1) is 0 Å². The zero-order valence-corrected chi connectivity index (χ0v) is 15.5. The molecule has 1 aliphatic carbocycles. The second-order valence-electron chi connectivity index (χ2n) is 7.37. The van der Waals surface area contributed by atoms with Crippen molar-refractivity contribution >= 4 is 12.4 Å². The molecule has 0 bridgehead atoms. The number of carbonyl (C=O) groups is 2. The fraction of sp³-hybridized carbons (Fsp3) is 0.600. The number of nitrogens with zero attached hydrogens (tertiary/aromatic N) is 2. The normalized spacial score (nSPS) is 20.3. The molecule has 1 aliphatic heterocycles. The van der Waals surface area contributed by atoms with Gasteiger partial charge in [-0.1, -0.05) is 37.3 Å². The van der Waals surface area contributed by atoms with E-state index < -0.39 is 6.10 Å². The van der Waals surface area contributed by atoms with Crippen LogP contribution in [-0.2, 0) is 9.59 Å². The minimum Gasteiger partial charge on any atom is -0.483 e. The molecule has 1 amide bonds. The van der Waals surface area contributed by atoms with E-state index in [9.17, 15) is 9.90 Å². The lowest BCUT2D eigenvalue weighted by molar-refractivity contribution is -0.136. The zero-order chi connectivity index (χ0) is 19.0. The van der Waals surface area contributed by atoms with Crippen LogP contribution in [0.4, 0.5) is 0 Å². The molecule has 1 aromatic rings. The Morgan fingerprint density at radius 3 is 2.46 bits per heavy atom. The van der Waals surface area contributed by atoms with Crippen molar-refractivity contribution in [2.24, 2.45) is 5.41 Å². The topological polar surface area (TPSA) is 81.1 Å². The molecule has 26 heavy (non-hydrogen) atoms. The number of aliphatic hydroxyl groups excluding tert-OH is 1. The second-order valence-corrected chi connectivity index (χ2v) is 7.37. The standard InChI is InChI=1S/C19H28N2O2.CH2O2/c1-19(9-10-19)18(23)21-12-5-11-20(14-15-21)13-8-17(22)16-6-3-2-4-7-16;2-1-3/h2-4,6-7,17,22H,5,8-15H2,1H3;1H,(H,2,3)/t17-;/m1./s1. The Hall–Kier alpha value is -1.92. The van der Waals surface area contributed by atoms with Crippen LogP contribution in [0, 0.1) is 5.41 Å². The van der Waals surface area contributed by atoms with Crippen molar-refractivity contribution < 1.29 is 19.8 Å². The van der Waals surface area contributed by atoms with Gasteiger partial charge in [0.25, 0.3) is 6.47 Å². The summed E-state index contributed by atoms with van der Waals surface area (Å²) in [7, 11) is 0. The van der Waals surface area contributed by atoms with Crippen LogP contribution in [0.5, 0.6) is 0 Å². The number of carboxylic acid groups (broad SMARTS) is 1. The first-order chi connectivity index (χ1) is 12.5. The number of amides is 1. The van der Waals surface area contributed by atoms with Crippen LogP contribution in [0.15, 0.2) is 30.3 Å². The highest BCUT2D eigenvalue weighted by molar-refractivity contribution is 5.84. The molecule has 0 aromatic heterocycles. The lowest BCUT2D eigenvalue weighted by Gasteiger charge is -2.25. The van der Waals surface area contributed by atoms with Gasteiger partial charge in [0.15, 0.2) is 0 Å². The minimum atomic E-state index is -0.400. The van der Waals surface area contributed by atoms with Gasteiger partial charge in [0.2, 0.25) is 5.91 Å². The fourth-order valence-electron chi connectivity index (χ4n) is 3.33. The number of benzene rings is 1. The van der Waals surface area contributed by atoms with E-state index in [0.717, 1.165) is 64.0 Å². The van der Waals surface area contributed by atoms with Crippen LogP contribution in [0.3, 0.4) is 0 Å². The molecule has 144 valence electrons. The summed E-state index contributed by atoms with van der Waals surface area (Å²) in [5.74, 6) is 0.351. The Bertz CT molecular complexity index is 574. The van der Waals surface area contributed by atoms with E-state index in [4.69, 9.17) is 9.90 Å². The van der Waals surface area contributed by atoms with Crippen molar-refractivity contribution in [2.75, 3.05) is 32.7 Å². The molecular weight excluding hydrogens is 332 g/mol. The molecule has 2 fully saturated rings. The van der Waals surface area contributed by atoms with E-state index in [2.05, 4.69) is 16.7 Å². The lowest BCUT2D eigenvalue weighted by Crippen LogP contribution is -2.39. The van der Waals surface area contributed by atoms with Crippen molar-refractivity contribution in [3.8, 4) is 0 Å². The molecule has 1 atom stereocenters. The van der Waals surface area contributed by atoms with Crippen molar-refractivity contribution in [3.63, 3.8) is 0 Å². The molecule has 1 heterocycles. The summed E-state index contributed by atoms with van der Waals surface area (Å²) < 4.78 is 0. The molecule has 1 saturated heterocycles. The maximum absolute atomic E-state index is 12.5. The average molecular weight is 362 g/mol. The van der Waals surface area contributed by atoms with E-state index in [1.807, 2.05) is 30.3 Å². The summed E-state index contributed by atoms with van der Waals surface area (Å²) >= 11 is 0. The Morgan fingerprint density at radius 1 is 1.19 bits per heavy atom. The highest BCUT2D eigenvalue weighted by Gasteiger charge is 2.47. The van der Waals surface area contributed by atoms with Gasteiger partial charge in [-0.2, -0.15) is 0 Å². The number of hydrogen-bond donors (Lipinski definition) is 2. The Labute approximate surface area is 155 Å². The maximum atomic E-state index is 12.5. The summed E-state index contributed by atoms with van der Waals surface area (Å²) in [6.45, 7) is 6.37. The molecule has 3 rings (SSSR count). The van der Waals surface area contributed by atoms with Gasteiger partial charge in [0.1, 0.15) is 0 Å². The molecule has 2 aliphatic rings. The van der Waals surface area contributed by atoms with Crippen molar-refractivity contribution in [1.82, 2.24) is 9.80 Å². The quantitative estimate of drug-likeness (QED) is 0.785. The molecule has 6 nitrogen and oxygen atoms in total. The monoisotopic (exact) mass is 362 g/mol. The number of aliphatic hydroxyl groups is 1. The van der Waals surface area contributed by atoms with Crippen molar-refractivity contribution in [3.05, 3.63) is 35.9 Å². The molecule has 0 radical (unpaired) electrons. The average Bonchev–Trinajstić information content (AvgIpc) is 3.44. The number of carbonyl (C=O) groups excluding carboxylic acids is 1. The van der Waals surface area contributed by atoms with Crippen LogP contribution in [-0.4, -0.2) is 65.1 Å². The van der Waals surface area contributed by atoms with Crippen LogP contribution in [0.25, 0.3) is 0 Å². The summed E-state index contributed by atoms with van der Waals surface area (Å²) in [6, 6.07) is 9.85. The third-order valence-corrected chi connectivity index (χ3v) is 5.30. The number of hydrogen-bond acceptors (Lipinski definition) is 4. The summed E-state index contributed by atoms with van der Waals surface area (Å²) in [5, 5.41) is 17.2. The zero-order valence-electron chi connectivity index (χ0n) is 15.5. The Kier molecular flexibility index (Phi) is 7.60. The Balaban J connectivity index is 0.000000758. The smallest absolute Gasteiger partial charge is 0.290 e. The first-order valence-electron chi connectivity index (χ1n) is 9.33. The van der Waals surface area contributed by atoms with Gasteiger partial charge in [0.05, 0.1) is 6.10 Å². The highest BCUT2D eigenvalue weighted by atomic mass is 16.3. The largest absolute Gasteiger partial charge is 0.483 e. The van der Waals surface area contributed by atoms with Crippen LogP contribution >= 0.6 is 0 Å². The van der Waals surface area contributed by atoms with Gasteiger partial charge in [0, 0.05) is 31.6 Å². The van der Waals surface area contributed by atoms with Gasteiger partial charge in [-0.05, 0) is 37.8 Å². The van der Waals surface area contributed by atoms with E-state index in [-0.39, 0.29) is 11.9 Å². The van der Waals surface area contributed by atoms with Crippen LogP contribution < -0.4 is 0 Å². The van der Waals surface area contributed by atoms with Gasteiger partial charge >= 0.3 is 0 Å².